The predicted octanol–water partition coefficient (Wildman–Crippen LogP) is 0.538. The lowest BCUT2D eigenvalue weighted by Gasteiger charge is -2.47. The van der Waals surface area contributed by atoms with E-state index in [4.69, 9.17) is 4.74 Å². The van der Waals surface area contributed by atoms with Crippen LogP contribution in [0.3, 0.4) is 0 Å². The van der Waals surface area contributed by atoms with Crippen LogP contribution in [-0.4, -0.2) is 99.8 Å². The van der Waals surface area contributed by atoms with Crippen LogP contribution >= 0.6 is 24.0 Å². The molecule has 1 unspecified atom stereocenters. The zero-order valence-corrected chi connectivity index (χ0v) is 16.9. The highest BCUT2D eigenvalue weighted by atomic mass is 127. The molecule has 4 aliphatic rings. The molecule has 0 amide bonds. The van der Waals surface area contributed by atoms with Gasteiger partial charge in [-0.1, -0.05) is 0 Å². The summed E-state index contributed by atoms with van der Waals surface area (Å²) in [5.41, 5.74) is 0. The number of rotatable bonds is 7. The Morgan fingerprint density at radius 3 is 2.57 bits per heavy atom. The fraction of sp³-hybridized carbons (Fsp3) is 0.938. The van der Waals surface area contributed by atoms with Crippen LogP contribution in [0.1, 0.15) is 12.8 Å². The summed E-state index contributed by atoms with van der Waals surface area (Å²) in [4.78, 5) is 11.8. The van der Waals surface area contributed by atoms with Crippen molar-refractivity contribution in [1.82, 2.24) is 20.0 Å². The van der Waals surface area contributed by atoms with E-state index in [0.29, 0.717) is 6.04 Å². The van der Waals surface area contributed by atoms with Crippen LogP contribution in [0.2, 0.25) is 0 Å². The number of ether oxygens (including phenoxy) is 1. The molecule has 1 aliphatic carbocycles. The summed E-state index contributed by atoms with van der Waals surface area (Å²) in [6.45, 7) is 9.71. The minimum absolute atomic E-state index is 0. The van der Waals surface area contributed by atoms with E-state index in [1.54, 1.807) is 0 Å². The molecule has 3 aliphatic heterocycles. The Balaban J connectivity index is 0.00000192. The topological polar surface area (TPSA) is 43.3 Å². The molecule has 4 fully saturated rings. The second-order valence-electron chi connectivity index (χ2n) is 6.86. The van der Waals surface area contributed by atoms with Crippen molar-refractivity contribution in [2.75, 3.05) is 73.1 Å². The molecule has 3 heterocycles. The molecule has 0 spiro atoms. The quantitative estimate of drug-likeness (QED) is 0.273. The first kappa shape index (κ1) is 19.2. The van der Waals surface area contributed by atoms with E-state index in [1.165, 1.54) is 45.6 Å². The fourth-order valence-corrected chi connectivity index (χ4v) is 3.35. The van der Waals surface area contributed by atoms with Gasteiger partial charge in [0.15, 0.2) is 5.96 Å². The average Bonchev–Trinajstić information content (AvgIpc) is 3.37. The van der Waals surface area contributed by atoms with Crippen molar-refractivity contribution in [3.63, 3.8) is 0 Å². The van der Waals surface area contributed by atoms with Gasteiger partial charge in [-0.25, -0.2) is 0 Å². The number of hydrogen-bond donors (Lipinski definition) is 1. The molecule has 1 atom stereocenters. The molecule has 0 aromatic heterocycles. The first-order valence-electron chi connectivity index (χ1n) is 8.72. The van der Waals surface area contributed by atoms with Gasteiger partial charge in [-0.05, 0) is 18.8 Å². The predicted molar refractivity (Wildman–Crippen MR) is 105 cm³/mol. The lowest BCUT2D eigenvalue weighted by atomic mass is 10.1. The Hall–Kier alpha value is -0.120. The van der Waals surface area contributed by atoms with Gasteiger partial charge in [-0.2, -0.15) is 0 Å². The zero-order valence-electron chi connectivity index (χ0n) is 14.5. The lowest BCUT2D eigenvalue weighted by Crippen LogP contribution is -2.63. The highest BCUT2D eigenvalue weighted by Gasteiger charge is 2.31. The smallest absolute Gasteiger partial charge is 0.193 e. The van der Waals surface area contributed by atoms with E-state index < -0.39 is 0 Å². The normalized spacial score (nSPS) is 30.0. The van der Waals surface area contributed by atoms with Gasteiger partial charge in [0.05, 0.1) is 6.61 Å². The van der Waals surface area contributed by atoms with Gasteiger partial charge in [0, 0.05) is 72.6 Å². The van der Waals surface area contributed by atoms with Gasteiger partial charge in [-0.15, -0.1) is 24.0 Å². The maximum absolute atomic E-state index is 5.72. The number of halogens is 1. The second kappa shape index (κ2) is 9.39. The van der Waals surface area contributed by atoms with Gasteiger partial charge < -0.3 is 15.0 Å². The molecule has 7 heteroatoms. The molecule has 1 saturated carbocycles. The molecule has 6 nitrogen and oxygen atoms in total. The molecular weight excluding hydrogens is 405 g/mol. The summed E-state index contributed by atoms with van der Waals surface area (Å²) in [6, 6.07) is 0.624. The maximum Gasteiger partial charge on any atom is 0.193 e. The van der Waals surface area contributed by atoms with Crippen LogP contribution in [0.4, 0.5) is 0 Å². The van der Waals surface area contributed by atoms with Gasteiger partial charge in [0.1, 0.15) is 0 Å². The zero-order chi connectivity index (χ0) is 15.4. The monoisotopic (exact) mass is 437 g/mol. The third kappa shape index (κ3) is 5.72. The molecule has 2 bridgehead atoms. The summed E-state index contributed by atoms with van der Waals surface area (Å²) >= 11 is 0. The highest BCUT2D eigenvalue weighted by molar-refractivity contribution is 14.0. The Morgan fingerprint density at radius 1 is 1.26 bits per heavy atom. The van der Waals surface area contributed by atoms with Crippen LogP contribution < -0.4 is 5.32 Å². The largest absolute Gasteiger partial charge is 0.379 e. The fourth-order valence-electron chi connectivity index (χ4n) is 3.35. The van der Waals surface area contributed by atoms with Gasteiger partial charge >= 0.3 is 0 Å². The third-order valence-electron chi connectivity index (χ3n) is 5.08. The van der Waals surface area contributed by atoms with Crippen molar-refractivity contribution in [2.24, 2.45) is 10.9 Å². The number of nitrogens with one attached hydrogen (secondary N) is 1. The SMILES string of the molecule is CN=C(NCC1CN2CCN1CC2)N(C)CCOCC1CC1.I. The minimum atomic E-state index is 0. The number of aliphatic imine (C=N–C) groups is 1. The van der Waals surface area contributed by atoms with Gasteiger partial charge in [-0.3, -0.25) is 14.8 Å². The van der Waals surface area contributed by atoms with Crippen LogP contribution in [0.15, 0.2) is 4.99 Å². The highest BCUT2D eigenvalue weighted by Crippen LogP contribution is 2.28. The van der Waals surface area contributed by atoms with Crippen LogP contribution in [0, 0.1) is 5.92 Å². The Kier molecular flexibility index (Phi) is 7.84. The van der Waals surface area contributed by atoms with Gasteiger partial charge in [0.2, 0.25) is 0 Å². The lowest BCUT2D eigenvalue weighted by molar-refractivity contribution is 0.0152. The van der Waals surface area contributed by atoms with E-state index in [9.17, 15) is 0 Å². The van der Waals surface area contributed by atoms with E-state index in [2.05, 4.69) is 32.1 Å². The first-order chi connectivity index (χ1) is 10.8. The minimum Gasteiger partial charge on any atom is -0.379 e. The Morgan fingerprint density at radius 2 is 2.00 bits per heavy atom. The summed E-state index contributed by atoms with van der Waals surface area (Å²) < 4.78 is 5.72. The van der Waals surface area contributed by atoms with E-state index in [1.807, 2.05) is 7.05 Å². The molecule has 1 N–H and O–H groups in total. The maximum atomic E-state index is 5.72. The standard InChI is InChI=1S/C16H31N5O.HI/c1-17-16(19(2)9-10-22-13-14-3-4-14)18-11-15-12-20-5-7-21(15)8-6-20;/h14-15H,3-13H2,1-2H3,(H,17,18);1H. The summed E-state index contributed by atoms with van der Waals surface area (Å²) in [5.74, 6) is 1.82. The Labute approximate surface area is 157 Å². The van der Waals surface area contributed by atoms with Crippen molar-refractivity contribution in [1.29, 1.82) is 0 Å². The molecule has 0 radical (unpaired) electrons. The van der Waals surface area contributed by atoms with Crippen molar-refractivity contribution in [3.8, 4) is 0 Å². The number of guanidine groups is 1. The summed E-state index contributed by atoms with van der Waals surface area (Å²) in [5, 5.41) is 3.54. The van der Waals surface area contributed by atoms with Gasteiger partial charge in [0.25, 0.3) is 0 Å². The second-order valence-corrected chi connectivity index (χ2v) is 6.86. The average molecular weight is 437 g/mol. The number of nitrogens with zero attached hydrogens (tertiary/aromatic N) is 4. The van der Waals surface area contributed by atoms with E-state index >= 15 is 0 Å². The van der Waals surface area contributed by atoms with E-state index in [0.717, 1.165) is 38.2 Å². The number of likely N-dealkylation sites (N-methyl/N-ethyl adjacent to an activating group) is 1. The molecular formula is C16H32IN5O. The molecule has 0 aromatic carbocycles. The Bertz CT molecular complexity index is 383. The number of fused-ring (bicyclic) bond motifs is 3. The van der Waals surface area contributed by atoms with Crippen LogP contribution in [0.25, 0.3) is 0 Å². The first-order valence-corrected chi connectivity index (χ1v) is 8.72. The molecule has 23 heavy (non-hydrogen) atoms. The van der Waals surface area contributed by atoms with Crippen molar-refractivity contribution < 1.29 is 4.74 Å². The van der Waals surface area contributed by atoms with Crippen LogP contribution in [-0.2, 0) is 4.74 Å². The third-order valence-corrected chi connectivity index (χ3v) is 5.08. The van der Waals surface area contributed by atoms with Crippen molar-refractivity contribution >= 4 is 29.9 Å². The molecule has 0 aromatic rings. The number of hydrogen-bond acceptors (Lipinski definition) is 4. The number of piperazine rings is 3. The molecule has 134 valence electrons. The van der Waals surface area contributed by atoms with Crippen molar-refractivity contribution in [3.05, 3.63) is 0 Å². The summed E-state index contributed by atoms with van der Waals surface area (Å²) in [6.07, 6.45) is 2.71. The summed E-state index contributed by atoms with van der Waals surface area (Å²) in [7, 11) is 3.95. The van der Waals surface area contributed by atoms with Crippen LogP contribution in [0.5, 0.6) is 0 Å². The molecule has 4 rings (SSSR count). The van der Waals surface area contributed by atoms with Crippen molar-refractivity contribution in [2.45, 2.75) is 18.9 Å². The molecule has 3 saturated heterocycles. The van der Waals surface area contributed by atoms with E-state index in [-0.39, 0.29) is 24.0 Å².